The number of benzene rings is 2. The van der Waals surface area contributed by atoms with E-state index in [0.29, 0.717) is 11.3 Å². The van der Waals surface area contributed by atoms with Crippen LogP contribution in [0.25, 0.3) is 0 Å². The molecule has 0 bridgehead atoms. The first-order chi connectivity index (χ1) is 9.88. The first-order valence-corrected chi connectivity index (χ1v) is 6.46. The Bertz CT molecular complexity index is 732. The van der Waals surface area contributed by atoms with Crippen molar-refractivity contribution in [3.63, 3.8) is 0 Å². The molecule has 2 aromatic carbocycles. The first-order valence-electron chi connectivity index (χ1n) is 6.05. The highest BCUT2D eigenvalue weighted by Crippen LogP contribution is 2.19. The maximum atomic E-state index is 13.6. The van der Waals surface area contributed by atoms with Crippen molar-refractivity contribution >= 4 is 28.8 Å². The molecule has 0 fully saturated rings. The Labute approximate surface area is 125 Å². The molecule has 0 aliphatic heterocycles. The number of halogens is 2. The summed E-state index contributed by atoms with van der Waals surface area (Å²) in [6, 6.07) is 7.74. The van der Waals surface area contributed by atoms with Gasteiger partial charge in [-0.05, 0) is 36.8 Å². The number of anilines is 1. The van der Waals surface area contributed by atoms with Crippen molar-refractivity contribution in [2.24, 2.45) is 5.73 Å². The van der Waals surface area contributed by atoms with Crippen LogP contribution < -0.4 is 11.1 Å². The molecule has 0 heterocycles. The van der Waals surface area contributed by atoms with Crippen molar-refractivity contribution in [2.75, 3.05) is 5.32 Å². The van der Waals surface area contributed by atoms with Gasteiger partial charge in [-0.15, -0.1) is 0 Å². The molecule has 2 aromatic rings. The van der Waals surface area contributed by atoms with Crippen LogP contribution in [0.3, 0.4) is 0 Å². The highest BCUT2D eigenvalue weighted by Gasteiger charge is 2.14. The number of hydrogen-bond acceptors (Lipinski definition) is 2. The zero-order chi connectivity index (χ0) is 15.6. The molecule has 0 saturated carbocycles. The Hall–Kier alpha value is -2.34. The van der Waals surface area contributed by atoms with Gasteiger partial charge in [0.05, 0.1) is 5.56 Å². The summed E-state index contributed by atoms with van der Waals surface area (Å²) in [5.41, 5.74) is 6.93. The normalized spacial score (nSPS) is 10.2. The summed E-state index contributed by atoms with van der Waals surface area (Å²) in [6.07, 6.45) is 0. The fourth-order valence-electron chi connectivity index (χ4n) is 1.77. The molecule has 0 radical (unpaired) electrons. The molecule has 3 nitrogen and oxygen atoms in total. The lowest BCUT2D eigenvalue weighted by Crippen LogP contribution is -2.16. The van der Waals surface area contributed by atoms with E-state index in [0.717, 1.165) is 23.8 Å². The average Bonchev–Trinajstić information content (AvgIpc) is 2.43. The van der Waals surface area contributed by atoms with Crippen molar-refractivity contribution in [1.29, 1.82) is 0 Å². The van der Waals surface area contributed by atoms with E-state index in [1.54, 1.807) is 25.1 Å². The van der Waals surface area contributed by atoms with Crippen LogP contribution >= 0.6 is 12.2 Å². The molecule has 3 N–H and O–H groups in total. The second-order valence-corrected chi connectivity index (χ2v) is 4.91. The molecule has 0 atom stereocenters. The zero-order valence-electron chi connectivity index (χ0n) is 11.1. The number of thiocarbonyl (C=S) groups is 1. The molecular weight excluding hydrogens is 294 g/mol. The van der Waals surface area contributed by atoms with E-state index in [-0.39, 0.29) is 10.6 Å². The summed E-state index contributed by atoms with van der Waals surface area (Å²) in [5, 5.41) is 2.53. The van der Waals surface area contributed by atoms with Gasteiger partial charge < -0.3 is 11.1 Å². The van der Waals surface area contributed by atoms with Crippen LogP contribution in [0.5, 0.6) is 0 Å². The number of carbonyl (C=O) groups is 1. The van der Waals surface area contributed by atoms with Crippen molar-refractivity contribution in [1.82, 2.24) is 0 Å². The van der Waals surface area contributed by atoms with Crippen LogP contribution in [0, 0.1) is 18.6 Å². The Morgan fingerprint density at radius 2 is 1.90 bits per heavy atom. The van der Waals surface area contributed by atoms with Gasteiger partial charge in [0.2, 0.25) is 0 Å². The smallest absolute Gasteiger partial charge is 0.258 e. The maximum Gasteiger partial charge on any atom is 0.258 e. The molecule has 21 heavy (non-hydrogen) atoms. The molecule has 2 rings (SSSR count). The standard InChI is InChI=1S/C15H12F2N2OS/c1-8-2-3-9(14(18)21)6-13(8)19-15(20)11-7-10(16)4-5-12(11)17/h2-7H,1H3,(H2,18,21)(H,19,20). The summed E-state index contributed by atoms with van der Waals surface area (Å²) in [6.45, 7) is 1.76. The summed E-state index contributed by atoms with van der Waals surface area (Å²) in [4.78, 5) is 12.2. The monoisotopic (exact) mass is 306 g/mol. The summed E-state index contributed by atoms with van der Waals surface area (Å²) >= 11 is 4.87. The Morgan fingerprint density at radius 1 is 1.19 bits per heavy atom. The molecule has 0 aliphatic carbocycles. The van der Waals surface area contributed by atoms with Crippen LogP contribution in [-0.2, 0) is 0 Å². The topological polar surface area (TPSA) is 55.1 Å². The minimum atomic E-state index is -0.794. The number of amides is 1. The van der Waals surface area contributed by atoms with E-state index < -0.39 is 17.5 Å². The van der Waals surface area contributed by atoms with Gasteiger partial charge in [-0.3, -0.25) is 4.79 Å². The van der Waals surface area contributed by atoms with Crippen LogP contribution in [0.15, 0.2) is 36.4 Å². The van der Waals surface area contributed by atoms with Crippen LogP contribution in [0.2, 0.25) is 0 Å². The van der Waals surface area contributed by atoms with E-state index >= 15 is 0 Å². The average molecular weight is 306 g/mol. The van der Waals surface area contributed by atoms with Crippen molar-refractivity contribution < 1.29 is 13.6 Å². The molecule has 0 aromatic heterocycles. The lowest BCUT2D eigenvalue weighted by Gasteiger charge is -2.11. The van der Waals surface area contributed by atoms with Gasteiger partial charge in [0.1, 0.15) is 16.6 Å². The summed E-state index contributed by atoms with van der Waals surface area (Å²) in [5.74, 6) is -2.22. The molecule has 0 spiro atoms. The highest BCUT2D eigenvalue weighted by atomic mass is 32.1. The molecule has 1 amide bonds. The zero-order valence-corrected chi connectivity index (χ0v) is 11.9. The molecule has 6 heteroatoms. The number of nitrogens with one attached hydrogen (secondary N) is 1. The van der Waals surface area contributed by atoms with E-state index in [1.165, 1.54) is 0 Å². The van der Waals surface area contributed by atoms with Gasteiger partial charge >= 0.3 is 0 Å². The second kappa shape index (κ2) is 5.97. The third-order valence-corrected chi connectivity index (χ3v) is 3.18. The number of nitrogens with two attached hydrogens (primary N) is 1. The van der Waals surface area contributed by atoms with Crippen LogP contribution in [0.4, 0.5) is 14.5 Å². The second-order valence-electron chi connectivity index (χ2n) is 4.47. The predicted octanol–water partition coefficient (Wildman–Crippen LogP) is 3.16. The van der Waals surface area contributed by atoms with Crippen molar-refractivity contribution in [2.45, 2.75) is 6.92 Å². The van der Waals surface area contributed by atoms with Crippen molar-refractivity contribution in [3.8, 4) is 0 Å². The minimum absolute atomic E-state index is 0.183. The summed E-state index contributed by atoms with van der Waals surface area (Å²) < 4.78 is 26.7. The van der Waals surface area contributed by atoms with Gasteiger partial charge in [0, 0.05) is 11.3 Å². The highest BCUT2D eigenvalue weighted by molar-refractivity contribution is 7.80. The first kappa shape index (κ1) is 15.1. The lowest BCUT2D eigenvalue weighted by molar-refractivity contribution is 0.102. The Kier molecular flexibility index (Phi) is 4.28. The van der Waals surface area contributed by atoms with Gasteiger partial charge in [-0.2, -0.15) is 0 Å². The van der Waals surface area contributed by atoms with Crippen molar-refractivity contribution in [3.05, 3.63) is 64.7 Å². The molecular formula is C15H12F2N2OS. The van der Waals surface area contributed by atoms with Gasteiger partial charge in [-0.1, -0.05) is 24.4 Å². The predicted molar refractivity (Wildman–Crippen MR) is 81.4 cm³/mol. The van der Waals surface area contributed by atoms with Gasteiger partial charge in [0.15, 0.2) is 0 Å². The lowest BCUT2D eigenvalue weighted by atomic mass is 10.1. The van der Waals surface area contributed by atoms with Crippen LogP contribution in [-0.4, -0.2) is 10.9 Å². The third kappa shape index (κ3) is 3.41. The van der Waals surface area contributed by atoms with Crippen LogP contribution in [0.1, 0.15) is 21.5 Å². The number of aryl methyl sites for hydroxylation is 1. The fraction of sp³-hybridized carbons (Fsp3) is 0.0667. The number of carbonyl (C=O) groups excluding carboxylic acids is 1. The quantitative estimate of drug-likeness (QED) is 0.857. The van der Waals surface area contributed by atoms with E-state index in [1.807, 2.05) is 0 Å². The number of rotatable bonds is 3. The molecule has 0 aliphatic rings. The molecule has 0 unspecified atom stereocenters. The minimum Gasteiger partial charge on any atom is -0.389 e. The largest absolute Gasteiger partial charge is 0.389 e. The van der Waals surface area contributed by atoms with E-state index in [4.69, 9.17) is 18.0 Å². The fourth-order valence-corrected chi connectivity index (χ4v) is 1.90. The van der Waals surface area contributed by atoms with Gasteiger partial charge in [-0.25, -0.2) is 8.78 Å². The summed E-state index contributed by atoms with van der Waals surface area (Å²) in [7, 11) is 0. The maximum absolute atomic E-state index is 13.6. The molecule has 0 saturated heterocycles. The Morgan fingerprint density at radius 3 is 2.57 bits per heavy atom. The Balaban J connectivity index is 2.33. The molecule has 108 valence electrons. The van der Waals surface area contributed by atoms with E-state index in [2.05, 4.69) is 5.32 Å². The SMILES string of the molecule is Cc1ccc(C(N)=S)cc1NC(=O)c1cc(F)ccc1F. The van der Waals surface area contributed by atoms with E-state index in [9.17, 15) is 13.6 Å². The number of hydrogen-bond donors (Lipinski definition) is 2. The van der Waals surface area contributed by atoms with Gasteiger partial charge in [0.25, 0.3) is 5.91 Å². The third-order valence-electron chi connectivity index (χ3n) is 2.94.